The van der Waals surface area contributed by atoms with Gasteiger partial charge in [-0.3, -0.25) is 9.59 Å². The average molecular weight is 495 g/mol. The molecule has 9 heteroatoms. The third-order valence-corrected chi connectivity index (χ3v) is 6.24. The number of nitrogens with one attached hydrogen (secondary N) is 3. The van der Waals surface area contributed by atoms with Crippen LogP contribution < -0.4 is 20.7 Å². The molecule has 0 bridgehead atoms. The van der Waals surface area contributed by atoms with E-state index in [1.165, 1.54) is 0 Å². The van der Waals surface area contributed by atoms with E-state index in [0.29, 0.717) is 34.2 Å². The third kappa shape index (κ3) is 4.66. The summed E-state index contributed by atoms with van der Waals surface area (Å²) in [6.45, 7) is 3.72. The van der Waals surface area contributed by atoms with Gasteiger partial charge < -0.3 is 20.7 Å². The van der Waals surface area contributed by atoms with E-state index in [0.717, 1.165) is 11.1 Å². The summed E-state index contributed by atoms with van der Waals surface area (Å²) in [6, 6.07) is 23.6. The van der Waals surface area contributed by atoms with Gasteiger partial charge in [0.05, 0.1) is 12.7 Å². The van der Waals surface area contributed by atoms with Crippen molar-refractivity contribution in [2.75, 3.05) is 23.1 Å². The number of hydrogen-bond acceptors (Lipinski definition) is 6. The van der Waals surface area contributed by atoms with Crippen molar-refractivity contribution < 1.29 is 14.3 Å². The van der Waals surface area contributed by atoms with Crippen LogP contribution >= 0.6 is 0 Å². The lowest BCUT2D eigenvalue weighted by atomic mass is 9.94. The molecule has 186 valence electrons. The van der Waals surface area contributed by atoms with E-state index >= 15 is 0 Å². The Morgan fingerprint density at radius 1 is 0.892 bits per heavy atom. The molecule has 0 aliphatic carbocycles. The molecule has 1 aliphatic heterocycles. The van der Waals surface area contributed by atoms with Gasteiger partial charge in [0.2, 0.25) is 0 Å². The highest BCUT2D eigenvalue weighted by molar-refractivity contribution is 6.08. The van der Waals surface area contributed by atoms with Gasteiger partial charge in [0.15, 0.2) is 11.5 Å². The molecule has 0 radical (unpaired) electrons. The zero-order valence-corrected chi connectivity index (χ0v) is 20.6. The molecule has 0 saturated carbocycles. The van der Waals surface area contributed by atoms with E-state index in [4.69, 9.17) is 4.74 Å². The van der Waals surface area contributed by atoms with Gasteiger partial charge in [-0.25, -0.2) is 4.68 Å². The average Bonchev–Trinajstić information content (AvgIpc) is 3.33. The molecule has 2 amide bonds. The summed E-state index contributed by atoms with van der Waals surface area (Å²) >= 11 is 0. The zero-order chi connectivity index (χ0) is 25.9. The highest BCUT2D eigenvalue weighted by Crippen LogP contribution is 2.37. The van der Waals surface area contributed by atoms with Crippen LogP contribution in [0, 0.1) is 6.92 Å². The fourth-order valence-electron chi connectivity index (χ4n) is 4.32. The quantitative estimate of drug-likeness (QED) is 0.356. The Hall–Kier alpha value is -4.92. The fourth-order valence-corrected chi connectivity index (χ4v) is 4.32. The normalized spacial score (nSPS) is 14.4. The summed E-state index contributed by atoms with van der Waals surface area (Å²) in [4.78, 5) is 26.7. The Morgan fingerprint density at radius 3 is 2.30 bits per heavy atom. The number of nitrogens with zero attached hydrogens (tertiary/aromatic N) is 3. The molecule has 2 heterocycles. The van der Waals surface area contributed by atoms with Gasteiger partial charge in [-0.2, -0.15) is 0 Å². The lowest BCUT2D eigenvalue weighted by molar-refractivity contribution is -0.113. The molecular weight excluding hydrogens is 468 g/mol. The molecule has 1 atom stereocenters. The number of carbonyl (C=O) groups is 2. The number of anilines is 3. The molecule has 3 aromatic carbocycles. The van der Waals surface area contributed by atoms with Crippen molar-refractivity contribution in [2.45, 2.75) is 19.9 Å². The highest BCUT2D eigenvalue weighted by atomic mass is 16.5. The summed E-state index contributed by atoms with van der Waals surface area (Å²) in [5.74, 6) is 0.418. The van der Waals surface area contributed by atoms with Gasteiger partial charge in [-0.15, -0.1) is 5.10 Å². The minimum atomic E-state index is -0.594. The maximum atomic E-state index is 13.6. The Labute approximate surface area is 214 Å². The molecule has 1 aromatic heterocycles. The van der Waals surface area contributed by atoms with Crippen LogP contribution in [-0.2, 0) is 4.79 Å². The van der Waals surface area contributed by atoms with E-state index in [2.05, 4.69) is 26.3 Å². The van der Waals surface area contributed by atoms with Gasteiger partial charge in [0, 0.05) is 17.1 Å². The number of benzene rings is 3. The number of para-hydroxylation sites is 1. The van der Waals surface area contributed by atoms with Gasteiger partial charge in [-0.1, -0.05) is 53.7 Å². The van der Waals surface area contributed by atoms with Crippen molar-refractivity contribution >= 4 is 29.0 Å². The molecule has 5 rings (SSSR count). The number of aryl methyl sites for hydroxylation is 1. The van der Waals surface area contributed by atoms with Crippen molar-refractivity contribution in [1.82, 2.24) is 15.0 Å². The predicted octanol–water partition coefficient (Wildman–Crippen LogP) is 4.78. The Kier molecular flexibility index (Phi) is 6.42. The Morgan fingerprint density at radius 2 is 1.59 bits per heavy atom. The van der Waals surface area contributed by atoms with Crippen LogP contribution in [0.5, 0.6) is 5.75 Å². The first-order valence-corrected chi connectivity index (χ1v) is 11.8. The molecule has 0 fully saturated rings. The molecule has 0 spiro atoms. The number of aromatic nitrogens is 3. The van der Waals surface area contributed by atoms with Crippen LogP contribution in [-0.4, -0.2) is 33.9 Å². The van der Waals surface area contributed by atoms with Gasteiger partial charge in [0.1, 0.15) is 11.8 Å². The largest absolute Gasteiger partial charge is 0.497 e. The molecule has 9 nitrogen and oxygen atoms in total. The third-order valence-electron chi connectivity index (χ3n) is 6.24. The lowest BCUT2D eigenvalue weighted by Gasteiger charge is -2.29. The minimum Gasteiger partial charge on any atom is -0.497 e. The van der Waals surface area contributed by atoms with Crippen LogP contribution in [0.1, 0.15) is 34.6 Å². The van der Waals surface area contributed by atoms with Crippen molar-refractivity contribution in [2.24, 2.45) is 0 Å². The predicted molar refractivity (Wildman–Crippen MR) is 142 cm³/mol. The summed E-state index contributed by atoms with van der Waals surface area (Å²) < 4.78 is 6.79. The number of allylic oxidation sites excluding steroid dienone is 1. The second-order valence-corrected chi connectivity index (χ2v) is 8.66. The Balaban J connectivity index is 1.51. The monoisotopic (exact) mass is 494 g/mol. The Bertz CT molecular complexity index is 1490. The molecule has 4 aromatic rings. The number of fused-ring (bicyclic) bond motifs is 1. The first-order chi connectivity index (χ1) is 18.0. The molecule has 3 N–H and O–H groups in total. The van der Waals surface area contributed by atoms with E-state index in [-0.39, 0.29) is 11.6 Å². The second kappa shape index (κ2) is 9.98. The molecule has 0 saturated heterocycles. The number of rotatable bonds is 6. The summed E-state index contributed by atoms with van der Waals surface area (Å²) in [7, 11) is 1.59. The number of hydrogen-bond donors (Lipinski definition) is 3. The van der Waals surface area contributed by atoms with Crippen LogP contribution in [0.2, 0.25) is 0 Å². The van der Waals surface area contributed by atoms with E-state index in [1.807, 2.05) is 61.5 Å². The van der Waals surface area contributed by atoms with Gasteiger partial charge in [0.25, 0.3) is 11.8 Å². The van der Waals surface area contributed by atoms with Crippen LogP contribution in [0.25, 0.3) is 0 Å². The summed E-state index contributed by atoms with van der Waals surface area (Å²) in [5, 5.41) is 17.6. The number of carbonyl (C=O) groups excluding carboxylic acids is 2. The maximum absolute atomic E-state index is 13.6. The number of amides is 2. The molecular formula is C28H26N6O3. The van der Waals surface area contributed by atoms with E-state index in [1.54, 1.807) is 43.0 Å². The first-order valence-electron chi connectivity index (χ1n) is 11.8. The van der Waals surface area contributed by atoms with E-state index in [9.17, 15) is 9.59 Å². The minimum absolute atomic E-state index is 0.137. The van der Waals surface area contributed by atoms with Crippen LogP contribution in [0.3, 0.4) is 0 Å². The van der Waals surface area contributed by atoms with Crippen molar-refractivity contribution in [3.63, 3.8) is 0 Å². The topological polar surface area (TPSA) is 110 Å². The lowest BCUT2D eigenvalue weighted by Crippen LogP contribution is -2.32. The van der Waals surface area contributed by atoms with Crippen molar-refractivity contribution in [3.05, 3.63) is 107 Å². The molecule has 1 aliphatic rings. The first kappa shape index (κ1) is 23.8. The smallest absolute Gasteiger partial charge is 0.280 e. The van der Waals surface area contributed by atoms with E-state index < -0.39 is 11.9 Å². The van der Waals surface area contributed by atoms with Gasteiger partial charge in [-0.05, 0) is 55.3 Å². The van der Waals surface area contributed by atoms with Gasteiger partial charge >= 0.3 is 0 Å². The second-order valence-electron chi connectivity index (χ2n) is 8.66. The van der Waals surface area contributed by atoms with Crippen LogP contribution in [0.15, 0.2) is 90.1 Å². The zero-order valence-electron chi connectivity index (χ0n) is 20.6. The van der Waals surface area contributed by atoms with Crippen molar-refractivity contribution in [1.29, 1.82) is 0 Å². The molecule has 37 heavy (non-hydrogen) atoms. The fraction of sp³-hybridized carbons (Fsp3) is 0.143. The highest BCUT2D eigenvalue weighted by Gasteiger charge is 2.36. The van der Waals surface area contributed by atoms with Crippen LogP contribution in [0.4, 0.5) is 17.2 Å². The summed E-state index contributed by atoms with van der Waals surface area (Å²) in [6.07, 6.45) is 0. The summed E-state index contributed by atoms with van der Waals surface area (Å²) in [5.41, 5.74) is 4.28. The number of methoxy groups -OCH3 is 1. The van der Waals surface area contributed by atoms with Crippen molar-refractivity contribution in [3.8, 4) is 5.75 Å². The number of ether oxygens (including phenoxy) is 1. The maximum Gasteiger partial charge on any atom is 0.280 e. The SMILES string of the molecule is COc1ccc(NC(=O)C2=C(C)Nc3c(C(=O)Nc4ccccc4C)nnn3[C@@H]2c2ccccc2)cc1. The molecule has 0 unspecified atom stereocenters. The standard InChI is InChI=1S/C28H26N6O3/c1-17-9-7-8-12-22(17)31-28(36)24-26-29-18(2)23(27(35)30-20-13-15-21(37-3)16-14-20)25(34(26)33-32-24)19-10-5-4-6-11-19/h4-16,25,29H,1-3H3,(H,30,35)(H,31,36)/t25-/m1/s1.